The van der Waals surface area contributed by atoms with Crippen LogP contribution in [0.2, 0.25) is 0 Å². The second-order valence-corrected chi connectivity index (χ2v) is 7.98. The molecule has 6 nitrogen and oxygen atoms in total. The van der Waals surface area contributed by atoms with E-state index in [1.165, 1.54) is 0 Å². The Hall–Kier alpha value is -3.80. The average molecular weight is 430 g/mol. The predicted octanol–water partition coefficient (Wildman–Crippen LogP) is 4.60. The van der Waals surface area contributed by atoms with E-state index in [0.717, 1.165) is 29.8 Å². The van der Waals surface area contributed by atoms with Crippen molar-refractivity contribution in [1.29, 1.82) is 0 Å². The van der Waals surface area contributed by atoms with Gasteiger partial charge in [0, 0.05) is 23.0 Å². The van der Waals surface area contributed by atoms with E-state index in [-0.39, 0.29) is 11.8 Å². The van der Waals surface area contributed by atoms with Crippen LogP contribution in [0.25, 0.3) is 0 Å². The summed E-state index contributed by atoms with van der Waals surface area (Å²) in [4.78, 5) is 24.6. The van der Waals surface area contributed by atoms with Gasteiger partial charge in [-0.05, 0) is 73.9 Å². The standard InChI is InChI=1S/C26H27N3O3/c1-18(27-21-9-7-20(8-10-21)26(31)29-22-11-12-22)25(30)28-23-13-15-24(16-14-23)32-17-19-5-3-2-4-6-19/h2-10,13-16,18,22,27H,11-12,17H2,1H3,(H,28,30)(H,29,31). The van der Waals surface area contributed by atoms with Gasteiger partial charge in [0.1, 0.15) is 18.4 Å². The fraction of sp³-hybridized carbons (Fsp3) is 0.231. The van der Waals surface area contributed by atoms with Crippen molar-refractivity contribution in [2.45, 2.75) is 38.5 Å². The van der Waals surface area contributed by atoms with Gasteiger partial charge in [-0.2, -0.15) is 0 Å². The third kappa shape index (κ3) is 6.11. The summed E-state index contributed by atoms with van der Waals surface area (Å²) < 4.78 is 5.78. The van der Waals surface area contributed by atoms with Crippen LogP contribution in [0.4, 0.5) is 11.4 Å². The van der Waals surface area contributed by atoms with Crippen molar-refractivity contribution in [3.8, 4) is 5.75 Å². The molecule has 2 amide bonds. The number of anilines is 2. The monoisotopic (exact) mass is 429 g/mol. The maximum absolute atomic E-state index is 12.5. The molecule has 1 fully saturated rings. The molecular weight excluding hydrogens is 402 g/mol. The Labute approximate surface area is 188 Å². The summed E-state index contributed by atoms with van der Waals surface area (Å²) in [6.45, 7) is 2.29. The zero-order chi connectivity index (χ0) is 22.3. The summed E-state index contributed by atoms with van der Waals surface area (Å²) in [6.07, 6.45) is 2.11. The van der Waals surface area contributed by atoms with E-state index < -0.39 is 6.04 Å². The second-order valence-electron chi connectivity index (χ2n) is 7.98. The SMILES string of the molecule is CC(Nc1ccc(C(=O)NC2CC2)cc1)C(=O)Nc1ccc(OCc2ccccc2)cc1. The first-order valence-corrected chi connectivity index (χ1v) is 10.8. The molecule has 1 atom stereocenters. The normalized spacial score (nSPS) is 13.7. The molecule has 3 aromatic rings. The van der Waals surface area contributed by atoms with Crippen LogP contribution < -0.4 is 20.7 Å². The fourth-order valence-corrected chi connectivity index (χ4v) is 3.16. The third-order valence-electron chi connectivity index (χ3n) is 5.21. The molecule has 0 aromatic heterocycles. The summed E-state index contributed by atoms with van der Waals surface area (Å²) >= 11 is 0. The van der Waals surface area contributed by atoms with Crippen molar-refractivity contribution in [3.63, 3.8) is 0 Å². The largest absolute Gasteiger partial charge is 0.489 e. The van der Waals surface area contributed by atoms with Gasteiger partial charge < -0.3 is 20.7 Å². The number of carbonyl (C=O) groups excluding carboxylic acids is 2. The molecule has 6 heteroatoms. The van der Waals surface area contributed by atoms with Gasteiger partial charge >= 0.3 is 0 Å². The van der Waals surface area contributed by atoms with Gasteiger partial charge in [-0.1, -0.05) is 30.3 Å². The molecule has 1 aliphatic carbocycles. The summed E-state index contributed by atoms with van der Waals surface area (Å²) in [7, 11) is 0. The summed E-state index contributed by atoms with van der Waals surface area (Å²) in [5.74, 6) is 0.531. The van der Waals surface area contributed by atoms with Gasteiger partial charge in [-0.3, -0.25) is 9.59 Å². The predicted molar refractivity (Wildman–Crippen MR) is 126 cm³/mol. The Morgan fingerprint density at radius 3 is 2.22 bits per heavy atom. The zero-order valence-electron chi connectivity index (χ0n) is 18.0. The lowest BCUT2D eigenvalue weighted by Gasteiger charge is -2.16. The Bertz CT molecular complexity index is 1050. The molecule has 3 N–H and O–H groups in total. The first-order chi connectivity index (χ1) is 15.6. The lowest BCUT2D eigenvalue weighted by atomic mass is 10.1. The number of rotatable bonds is 9. The third-order valence-corrected chi connectivity index (χ3v) is 5.21. The van der Waals surface area contributed by atoms with E-state index in [9.17, 15) is 9.59 Å². The van der Waals surface area contributed by atoms with Gasteiger partial charge in [0.15, 0.2) is 0 Å². The van der Waals surface area contributed by atoms with Crippen molar-refractivity contribution in [3.05, 3.63) is 90.0 Å². The quantitative estimate of drug-likeness (QED) is 0.465. The van der Waals surface area contributed by atoms with Crippen LogP contribution in [0.1, 0.15) is 35.7 Å². The lowest BCUT2D eigenvalue weighted by molar-refractivity contribution is -0.116. The van der Waals surface area contributed by atoms with Crippen LogP contribution in [-0.4, -0.2) is 23.9 Å². The molecule has 0 saturated heterocycles. The minimum Gasteiger partial charge on any atom is -0.489 e. The first-order valence-electron chi connectivity index (χ1n) is 10.8. The number of ether oxygens (including phenoxy) is 1. The van der Waals surface area contributed by atoms with Gasteiger partial charge in [0.2, 0.25) is 5.91 Å². The van der Waals surface area contributed by atoms with Gasteiger partial charge in [0.05, 0.1) is 0 Å². The van der Waals surface area contributed by atoms with Crippen molar-refractivity contribution >= 4 is 23.2 Å². The highest BCUT2D eigenvalue weighted by Crippen LogP contribution is 2.20. The summed E-state index contributed by atoms with van der Waals surface area (Å²) in [6, 6.07) is 24.3. The van der Waals surface area contributed by atoms with E-state index in [1.807, 2.05) is 66.7 Å². The Morgan fingerprint density at radius 1 is 0.906 bits per heavy atom. The smallest absolute Gasteiger partial charge is 0.251 e. The van der Waals surface area contributed by atoms with Crippen molar-refractivity contribution in [1.82, 2.24) is 5.32 Å². The van der Waals surface area contributed by atoms with Gasteiger partial charge in [-0.25, -0.2) is 0 Å². The van der Waals surface area contributed by atoms with E-state index in [4.69, 9.17) is 4.74 Å². The molecule has 0 bridgehead atoms. The van der Waals surface area contributed by atoms with Crippen LogP contribution in [-0.2, 0) is 11.4 Å². The number of nitrogens with one attached hydrogen (secondary N) is 3. The molecule has 164 valence electrons. The maximum Gasteiger partial charge on any atom is 0.251 e. The summed E-state index contributed by atoms with van der Waals surface area (Å²) in [5, 5.41) is 9.03. The van der Waals surface area contributed by atoms with Crippen LogP contribution >= 0.6 is 0 Å². The molecule has 0 radical (unpaired) electrons. The van der Waals surface area contributed by atoms with Crippen LogP contribution in [0.5, 0.6) is 5.75 Å². The highest BCUT2D eigenvalue weighted by Gasteiger charge is 2.23. The molecule has 0 heterocycles. The summed E-state index contributed by atoms with van der Waals surface area (Å²) in [5.41, 5.74) is 3.19. The van der Waals surface area contributed by atoms with Gasteiger partial charge in [0.25, 0.3) is 5.91 Å². The number of hydrogen-bond donors (Lipinski definition) is 3. The molecule has 1 saturated carbocycles. The molecule has 1 aliphatic rings. The second kappa shape index (κ2) is 10.0. The van der Waals surface area contributed by atoms with Crippen molar-refractivity contribution in [2.24, 2.45) is 0 Å². The van der Waals surface area contributed by atoms with E-state index in [0.29, 0.717) is 23.9 Å². The van der Waals surface area contributed by atoms with E-state index in [1.54, 1.807) is 19.1 Å². The Kier molecular flexibility index (Phi) is 6.70. The van der Waals surface area contributed by atoms with Crippen LogP contribution in [0, 0.1) is 0 Å². The highest BCUT2D eigenvalue weighted by atomic mass is 16.5. The molecule has 3 aromatic carbocycles. The molecule has 4 rings (SSSR count). The molecule has 0 aliphatic heterocycles. The molecule has 32 heavy (non-hydrogen) atoms. The molecule has 1 unspecified atom stereocenters. The van der Waals surface area contributed by atoms with E-state index in [2.05, 4.69) is 16.0 Å². The Balaban J connectivity index is 1.25. The number of carbonyl (C=O) groups is 2. The lowest BCUT2D eigenvalue weighted by Crippen LogP contribution is -2.31. The fourth-order valence-electron chi connectivity index (χ4n) is 3.16. The van der Waals surface area contributed by atoms with Crippen LogP contribution in [0.3, 0.4) is 0 Å². The van der Waals surface area contributed by atoms with E-state index >= 15 is 0 Å². The topological polar surface area (TPSA) is 79.5 Å². The molecular formula is C26H27N3O3. The highest BCUT2D eigenvalue weighted by molar-refractivity contribution is 5.97. The maximum atomic E-state index is 12.5. The Morgan fingerprint density at radius 2 is 1.56 bits per heavy atom. The number of hydrogen-bond acceptors (Lipinski definition) is 4. The first kappa shape index (κ1) is 21.4. The van der Waals surface area contributed by atoms with Gasteiger partial charge in [-0.15, -0.1) is 0 Å². The minimum atomic E-state index is -0.449. The number of benzene rings is 3. The average Bonchev–Trinajstić information content (AvgIpc) is 3.63. The zero-order valence-corrected chi connectivity index (χ0v) is 18.0. The minimum absolute atomic E-state index is 0.0546. The van der Waals surface area contributed by atoms with Crippen LogP contribution in [0.15, 0.2) is 78.9 Å². The van der Waals surface area contributed by atoms with Crippen molar-refractivity contribution < 1.29 is 14.3 Å². The van der Waals surface area contributed by atoms with Crippen molar-refractivity contribution in [2.75, 3.05) is 10.6 Å². The molecule has 0 spiro atoms. The number of amides is 2.